The molecule has 8 heteroatoms. The minimum absolute atomic E-state index is 0.0575. The molecule has 0 radical (unpaired) electrons. The predicted octanol–water partition coefficient (Wildman–Crippen LogP) is 1.63. The van der Waals surface area contributed by atoms with E-state index in [-0.39, 0.29) is 11.5 Å². The second-order valence-electron chi connectivity index (χ2n) is 6.32. The standard InChI is InChI=1S/C15H16F3N3O2/c16-15(17,18)23-11-6-9(8-1-2-8)5-10-12(11)13(22)21-4-3-20-7-14(10,21)19/h5-6,8,20H,1-4,7,19H2/t14-/m0/s1. The van der Waals surface area contributed by atoms with Crippen molar-refractivity contribution in [3.63, 3.8) is 0 Å². The molecule has 3 aliphatic rings. The molecule has 2 heterocycles. The molecule has 2 fully saturated rings. The zero-order valence-corrected chi connectivity index (χ0v) is 12.2. The Morgan fingerprint density at radius 1 is 1.35 bits per heavy atom. The van der Waals surface area contributed by atoms with Crippen molar-refractivity contribution in [3.05, 3.63) is 28.8 Å². The number of hydrogen-bond acceptors (Lipinski definition) is 4. The highest BCUT2D eigenvalue weighted by Gasteiger charge is 2.51. The molecule has 1 aliphatic carbocycles. The highest BCUT2D eigenvalue weighted by atomic mass is 19.4. The normalized spacial score (nSPS) is 27.0. The van der Waals surface area contributed by atoms with Crippen LogP contribution < -0.4 is 15.8 Å². The summed E-state index contributed by atoms with van der Waals surface area (Å²) in [6, 6.07) is 3.12. The highest BCUT2D eigenvalue weighted by Crippen LogP contribution is 2.48. The van der Waals surface area contributed by atoms with Crippen LogP contribution in [0.15, 0.2) is 12.1 Å². The Labute approximate surface area is 130 Å². The summed E-state index contributed by atoms with van der Waals surface area (Å²) in [6.45, 7) is 1.23. The highest BCUT2D eigenvalue weighted by molar-refractivity contribution is 6.02. The number of nitrogens with zero attached hydrogens (tertiary/aromatic N) is 1. The fourth-order valence-electron chi connectivity index (χ4n) is 3.48. The van der Waals surface area contributed by atoms with Gasteiger partial charge in [-0.1, -0.05) is 6.07 Å². The SMILES string of the molecule is N[C@@]12CNCCN1C(=O)c1c(OC(F)(F)F)cc(C3CC3)cc12. The zero-order valence-electron chi connectivity index (χ0n) is 12.2. The fraction of sp³-hybridized carbons (Fsp3) is 0.533. The van der Waals surface area contributed by atoms with Crippen LogP contribution in [-0.2, 0) is 5.66 Å². The fourth-order valence-corrected chi connectivity index (χ4v) is 3.48. The van der Waals surface area contributed by atoms with E-state index in [0.29, 0.717) is 25.2 Å². The number of halogens is 3. The molecule has 0 spiro atoms. The number of fused-ring (bicyclic) bond motifs is 3. The van der Waals surface area contributed by atoms with Crippen molar-refractivity contribution in [1.82, 2.24) is 10.2 Å². The van der Waals surface area contributed by atoms with E-state index in [0.717, 1.165) is 18.4 Å². The summed E-state index contributed by atoms with van der Waals surface area (Å²) in [5, 5.41) is 3.11. The molecule has 0 bridgehead atoms. The molecule has 0 unspecified atom stereocenters. The zero-order chi connectivity index (χ0) is 16.4. The topological polar surface area (TPSA) is 67.6 Å². The van der Waals surface area contributed by atoms with Crippen LogP contribution in [0.1, 0.15) is 40.2 Å². The lowest BCUT2D eigenvalue weighted by molar-refractivity contribution is -0.274. The molecule has 1 aromatic carbocycles. The van der Waals surface area contributed by atoms with E-state index in [1.807, 2.05) is 0 Å². The van der Waals surface area contributed by atoms with E-state index in [2.05, 4.69) is 10.1 Å². The number of nitrogens with two attached hydrogens (primary N) is 1. The number of amides is 1. The first-order valence-corrected chi connectivity index (χ1v) is 7.55. The molecule has 124 valence electrons. The average molecular weight is 327 g/mol. The first-order valence-electron chi connectivity index (χ1n) is 7.55. The Hall–Kier alpha value is -1.80. The van der Waals surface area contributed by atoms with Gasteiger partial charge >= 0.3 is 6.36 Å². The minimum atomic E-state index is -4.85. The van der Waals surface area contributed by atoms with Gasteiger partial charge in [0.2, 0.25) is 0 Å². The van der Waals surface area contributed by atoms with Crippen LogP contribution in [0.25, 0.3) is 0 Å². The number of ether oxygens (including phenoxy) is 1. The van der Waals surface area contributed by atoms with Gasteiger partial charge in [-0.05, 0) is 30.4 Å². The van der Waals surface area contributed by atoms with Gasteiger partial charge in [0.15, 0.2) is 0 Å². The molecule has 23 heavy (non-hydrogen) atoms. The summed E-state index contributed by atoms with van der Waals surface area (Å²) in [5.41, 5.74) is 6.41. The van der Waals surface area contributed by atoms with Gasteiger partial charge in [-0.2, -0.15) is 0 Å². The number of carbonyl (C=O) groups is 1. The van der Waals surface area contributed by atoms with E-state index in [1.165, 1.54) is 11.0 Å². The average Bonchev–Trinajstić information content (AvgIpc) is 3.26. The molecule has 4 rings (SSSR count). The summed E-state index contributed by atoms with van der Waals surface area (Å²) in [6.07, 6.45) is -2.99. The van der Waals surface area contributed by atoms with E-state index < -0.39 is 23.7 Å². The third-order valence-corrected chi connectivity index (χ3v) is 4.71. The number of piperazine rings is 1. The third-order valence-electron chi connectivity index (χ3n) is 4.71. The number of alkyl halides is 3. The lowest BCUT2D eigenvalue weighted by Gasteiger charge is -2.40. The lowest BCUT2D eigenvalue weighted by atomic mass is 9.93. The van der Waals surface area contributed by atoms with Crippen molar-refractivity contribution >= 4 is 5.91 Å². The van der Waals surface area contributed by atoms with Crippen LogP contribution in [0.2, 0.25) is 0 Å². The number of benzene rings is 1. The number of rotatable bonds is 2. The lowest BCUT2D eigenvalue weighted by Crippen LogP contribution is -2.62. The smallest absolute Gasteiger partial charge is 0.405 e. The van der Waals surface area contributed by atoms with Crippen LogP contribution in [0, 0.1) is 0 Å². The number of hydrogen-bond donors (Lipinski definition) is 2. The van der Waals surface area contributed by atoms with Gasteiger partial charge in [-0.25, -0.2) is 0 Å². The Kier molecular flexibility index (Phi) is 2.96. The van der Waals surface area contributed by atoms with Crippen LogP contribution in [-0.4, -0.2) is 36.8 Å². The molecule has 1 atom stereocenters. The van der Waals surface area contributed by atoms with Gasteiger partial charge in [0.25, 0.3) is 5.91 Å². The maximum atomic E-state index is 12.8. The van der Waals surface area contributed by atoms with Gasteiger partial charge in [-0.15, -0.1) is 13.2 Å². The second kappa shape index (κ2) is 4.61. The third kappa shape index (κ3) is 2.28. The second-order valence-corrected chi connectivity index (χ2v) is 6.32. The predicted molar refractivity (Wildman–Crippen MR) is 74.9 cm³/mol. The van der Waals surface area contributed by atoms with Gasteiger partial charge < -0.3 is 20.7 Å². The van der Waals surface area contributed by atoms with Gasteiger partial charge in [0.1, 0.15) is 11.4 Å². The molecule has 2 aliphatic heterocycles. The van der Waals surface area contributed by atoms with Crippen molar-refractivity contribution in [2.45, 2.75) is 30.8 Å². The minimum Gasteiger partial charge on any atom is -0.405 e. The molecular weight excluding hydrogens is 311 g/mol. The quantitative estimate of drug-likeness (QED) is 0.866. The largest absolute Gasteiger partial charge is 0.573 e. The number of nitrogens with one attached hydrogen (secondary N) is 1. The Morgan fingerprint density at radius 2 is 2.09 bits per heavy atom. The number of carbonyl (C=O) groups excluding carboxylic acids is 1. The van der Waals surface area contributed by atoms with Gasteiger partial charge in [-0.3, -0.25) is 4.79 Å². The molecule has 1 aromatic rings. The molecular formula is C15H16F3N3O2. The summed E-state index contributed by atoms with van der Waals surface area (Å²) in [7, 11) is 0. The maximum absolute atomic E-state index is 12.8. The van der Waals surface area contributed by atoms with E-state index in [4.69, 9.17) is 5.73 Å². The van der Waals surface area contributed by atoms with Crippen molar-refractivity contribution in [3.8, 4) is 5.75 Å². The summed E-state index contributed by atoms with van der Waals surface area (Å²) >= 11 is 0. The van der Waals surface area contributed by atoms with Gasteiger partial charge in [0.05, 0.1) is 5.56 Å². The molecule has 1 amide bonds. The first kappa shape index (κ1) is 14.8. The summed E-state index contributed by atoms with van der Waals surface area (Å²) in [4.78, 5) is 14.0. The van der Waals surface area contributed by atoms with Crippen molar-refractivity contribution in [2.24, 2.45) is 5.73 Å². The van der Waals surface area contributed by atoms with Crippen LogP contribution in [0.3, 0.4) is 0 Å². The monoisotopic (exact) mass is 327 g/mol. The molecule has 5 nitrogen and oxygen atoms in total. The van der Waals surface area contributed by atoms with Crippen LogP contribution >= 0.6 is 0 Å². The molecule has 3 N–H and O–H groups in total. The Morgan fingerprint density at radius 3 is 2.74 bits per heavy atom. The summed E-state index contributed by atoms with van der Waals surface area (Å²) < 4.78 is 42.4. The Bertz CT molecular complexity index is 687. The first-order chi connectivity index (χ1) is 10.8. The molecule has 1 saturated carbocycles. The molecule has 1 saturated heterocycles. The Balaban J connectivity index is 1.89. The van der Waals surface area contributed by atoms with Crippen LogP contribution in [0.4, 0.5) is 13.2 Å². The van der Waals surface area contributed by atoms with E-state index in [9.17, 15) is 18.0 Å². The van der Waals surface area contributed by atoms with E-state index >= 15 is 0 Å². The van der Waals surface area contributed by atoms with E-state index in [1.54, 1.807) is 6.07 Å². The van der Waals surface area contributed by atoms with Crippen LogP contribution in [0.5, 0.6) is 5.75 Å². The van der Waals surface area contributed by atoms with Crippen molar-refractivity contribution in [1.29, 1.82) is 0 Å². The van der Waals surface area contributed by atoms with Crippen molar-refractivity contribution in [2.75, 3.05) is 19.6 Å². The van der Waals surface area contributed by atoms with Gasteiger partial charge in [0, 0.05) is 25.2 Å². The van der Waals surface area contributed by atoms with Crippen molar-refractivity contribution < 1.29 is 22.7 Å². The molecule has 0 aromatic heterocycles. The summed E-state index contributed by atoms with van der Waals surface area (Å²) in [5.74, 6) is -0.702. The maximum Gasteiger partial charge on any atom is 0.573 e.